The van der Waals surface area contributed by atoms with Crippen molar-refractivity contribution in [1.82, 2.24) is 4.72 Å². The van der Waals surface area contributed by atoms with Gasteiger partial charge in [-0.1, -0.05) is 11.6 Å². The second-order valence-corrected chi connectivity index (χ2v) is 6.98. The van der Waals surface area contributed by atoms with Crippen LogP contribution < -0.4 is 10.5 Å². The molecule has 0 bridgehead atoms. The summed E-state index contributed by atoms with van der Waals surface area (Å²) in [6, 6.07) is 3.10. The second kappa shape index (κ2) is 7.04. The number of hydrogen-bond acceptors (Lipinski definition) is 5. The van der Waals surface area contributed by atoms with Crippen molar-refractivity contribution < 1.29 is 17.9 Å². The maximum atomic E-state index is 12.4. The molecule has 1 unspecified atom stereocenters. The monoisotopic (exact) mass is 334 g/mol. The second-order valence-electron chi connectivity index (χ2n) is 4.81. The average Bonchev–Trinajstić information content (AvgIpc) is 2.48. The number of nitrogens with two attached hydrogens (primary N) is 1. The minimum atomic E-state index is -3.67. The SMILES string of the molecule is Cc1c(CN)cc(Cl)cc1S(=O)(=O)NCC1COCCO1. The topological polar surface area (TPSA) is 90.7 Å². The van der Waals surface area contributed by atoms with Crippen LogP contribution in [-0.2, 0) is 26.0 Å². The van der Waals surface area contributed by atoms with Gasteiger partial charge in [0.2, 0.25) is 10.0 Å². The van der Waals surface area contributed by atoms with Crippen molar-refractivity contribution in [1.29, 1.82) is 0 Å². The van der Waals surface area contributed by atoms with E-state index in [4.69, 9.17) is 26.8 Å². The molecule has 1 atom stereocenters. The molecule has 1 aromatic carbocycles. The largest absolute Gasteiger partial charge is 0.376 e. The Balaban J connectivity index is 2.17. The third-order valence-corrected chi connectivity index (χ3v) is 5.10. The van der Waals surface area contributed by atoms with Crippen LogP contribution >= 0.6 is 11.6 Å². The molecule has 118 valence electrons. The number of nitrogens with one attached hydrogen (secondary N) is 1. The fraction of sp³-hybridized carbons (Fsp3) is 0.538. The lowest BCUT2D eigenvalue weighted by Gasteiger charge is -2.23. The molecule has 1 aliphatic rings. The van der Waals surface area contributed by atoms with E-state index in [1.165, 1.54) is 6.07 Å². The molecule has 3 N–H and O–H groups in total. The quantitative estimate of drug-likeness (QED) is 0.831. The van der Waals surface area contributed by atoms with Gasteiger partial charge in [0.05, 0.1) is 30.8 Å². The van der Waals surface area contributed by atoms with Gasteiger partial charge in [-0.3, -0.25) is 0 Å². The zero-order valence-corrected chi connectivity index (χ0v) is 13.3. The van der Waals surface area contributed by atoms with Crippen LogP contribution in [0.5, 0.6) is 0 Å². The lowest BCUT2D eigenvalue weighted by atomic mass is 10.1. The van der Waals surface area contributed by atoms with E-state index < -0.39 is 10.0 Å². The van der Waals surface area contributed by atoms with Crippen LogP contribution in [0.25, 0.3) is 0 Å². The Morgan fingerprint density at radius 3 is 2.81 bits per heavy atom. The van der Waals surface area contributed by atoms with E-state index in [1.54, 1.807) is 13.0 Å². The molecule has 0 amide bonds. The Bertz CT molecular complexity index is 600. The van der Waals surface area contributed by atoms with Crippen LogP contribution in [0.2, 0.25) is 5.02 Å². The molecule has 1 heterocycles. The summed E-state index contributed by atoms with van der Waals surface area (Å²) in [7, 11) is -3.67. The van der Waals surface area contributed by atoms with E-state index >= 15 is 0 Å². The van der Waals surface area contributed by atoms with Crippen molar-refractivity contribution in [2.24, 2.45) is 5.73 Å². The number of hydrogen-bond donors (Lipinski definition) is 2. The Morgan fingerprint density at radius 2 is 2.19 bits per heavy atom. The molecule has 0 aromatic heterocycles. The summed E-state index contributed by atoms with van der Waals surface area (Å²) in [5, 5.41) is 0.346. The number of sulfonamides is 1. The van der Waals surface area contributed by atoms with Gasteiger partial charge < -0.3 is 15.2 Å². The standard InChI is InChI=1S/C13H19ClN2O4S/c1-9-10(6-15)4-11(14)5-13(9)21(17,18)16-7-12-8-19-2-3-20-12/h4-5,12,16H,2-3,6-8,15H2,1H3. The smallest absolute Gasteiger partial charge is 0.240 e. The third-order valence-electron chi connectivity index (χ3n) is 3.33. The number of rotatable bonds is 5. The molecule has 1 fully saturated rings. The van der Waals surface area contributed by atoms with Gasteiger partial charge in [-0.25, -0.2) is 13.1 Å². The van der Waals surface area contributed by atoms with Crippen molar-refractivity contribution in [2.75, 3.05) is 26.4 Å². The molecule has 1 saturated heterocycles. The Labute approximate surface area is 129 Å². The molecule has 6 nitrogen and oxygen atoms in total. The zero-order chi connectivity index (χ0) is 15.5. The van der Waals surface area contributed by atoms with Crippen molar-refractivity contribution in [3.8, 4) is 0 Å². The summed E-state index contributed by atoms with van der Waals surface area (Å²) >= 11 is 5.96. The highest BCUT2D eigenvalue weighted by molar-refractivity contribution is 7.89. The van der Waals surface area contributed by atoms with E-state index in [2.05, 4.69) is 4.72 Å². The zero-order valence-electron chi connectivity index (χ0n) is 11.8. The highest BCUT2D eigenvalue weighted by Gasteiger charge is 2.22. The van der Waals surface area contributed by atoms with E-state index in [0.717, 1.165) is 0 Å². The first-order valence-electron chi connectivity index (χ1n) is 6.62. The van der Waals surface area contributed by atoms with Crippen LogP contribution in [0.1, 0.15) is 11.1 Å². The predicted octanol–water partition coefficient (Wildman–Crippen LogP) is 0.801. The maximum Gasteiger partial charge on any atom is 0.240 e. The maximum absolute atomic E-state index is 12.4. The fourth-order valence-electron chi connectivity index (χ4n) is 2.13. The van der Waals surface area contributed by atoms with Crippen molar-refractivity contribution in [3.63, 3.8) is 0 Å². The summed E-state index contributed by atoms with van der Waals surface area (Å²) < 4.78 is 38.0. The Kier molecular flexibility index (Phi) is 5.59. The minimum Gasteiger partial charge on any atom is -0.376 e. The molecular formula is C13H19ClN2O4S. The van der Waals surface area contributed by atoms with Gasteiger partial charge >= 0.3 is 0 Å². The van der Waals surface area contributed by atoms with Gasteiger partial charge in [-0.05, 0) is 30.2 Å². The number of halogens is 1. The molecule has 0 spiro atoms. The summed E-state index contributed by atoms with van der Waals surface area (Å²) in [5.74, 6) is 0. The van der Waals surface area contributed by atoms with Crippen LogP contribution in [0.4, 0.5) is 0 Å². The number of ether oxygens (including phenoxy) is 2. The highest BCUT2D eigenvalue weighted by atomic mass is 35.5. The van der Waals surface area contributed by atoms with E-state index in [0.29, 0.717) is 36.0 Å². The van der Waals surface area contributed by atoms with Crippen molar-refractivity contribution in [2.45, 2.75) is 24.5 Å². The Morgan fingerprint density at radius 1 is 1.43 bits per heavy atom. The van der Waals surface area contributed by atoms with Crippen LogP contribution in [0.15, 0.2) is 17.0 Å². The van der Waals surface area contributed by atoms with Gasteiger partial charge in [0.15, 0.2) is 0 Å². The molecule has 8 heteroatoms. The first kappa shape index (κ1) is 16.7. The minimum absolute atomic E-state index is 0.146. The normalized spacial score (nSPS) is 19.7. The van der Waals surface area contributed by atoms with Gasteiger partial charge in [-0.2, -0.15) is 0 Å². The van der Waals surface area contributed by atoms with Crippen molar-refractivity contribution >= 4 is 21.6 Å². The average molecular weight is 335 g/mol. The van der Waals surface area contributed by atoms with Gasteiger partial charge in [0.25, 0.3) is 0 Å². The summed E-state index contributed by atoms with van der Waals surface area (Å²) in [6.45, 7) is 3.50. The fourth-order valence-corrected chi connectivity index (χ4v) is 3.82. The summed E-state index contributed by atoms with van der Waals surface area (Å²) in [5.41, 5.74) is 6.93. The van der Waals surface area contributed by atoms with E-state index in [1.807, 2.05) is 0 Å². The van der Waals surface area contributed by atoms with Gasteiger partial charge in [-0.15, -0.1) is 0 Å². The first-order chi connectivity index (χ1) is 9.94. The van der Waals surface area contributed by atoms with Crippen LogP contribution in [0.3, 0.4) is 0 Å². The van der Waals surface area contributed by atoms with E-state index in [-0.39, 0.29) is 24.1 Å². The van der Waals surface area contributed by atoms with Gasteiger partial charge in [0.1, 0.15) is 0 Å². The summed E-state index contributed by atoms with van der Waals surface area (Å²) in [6.07, 6.45) is -0.276. The third kappa shape index (κ3) is 4.15. The molecular weight excluding hydrogens is 316 g/mol. The lowest BCUT2D eigenvalue weighted by molar-refractivity contribution is -0.0846. The first-order valence-corrected chi connectivity index (χ1v) is 8.48. The Hall–Kier alpha value is -0.700. The lowest BCUT2D eigenvalue weighted by Crippen LogP contribution is -2.39. The molecule has 1 aliphatic heterocycles. The highest BCUT2D eigenvalue weighted by Crippen LogP contribution is 2.24. The molecule has 0 aliphatic carbocycles. The molecule has 0 saturated carbocycles. The molecule has 21 heavy (non-hydrogen) atoms. The number of benzene rings is 1. The molecule has 0 radical (unpaired) electrons. The van der Waals surface area contributed by atoms with Gasteiger partial charge in [0, 0.05) is 18.1 Å². The summed E-state index contributed by atoms with van der Waals surface area (Å²) in [4.78, 5) is 0.146. The molecule has 1 aromatic rings. The van der Waals surface area contributed by atoms with Crippen LogP contribution in [0, 0.1) is 6.92 Å². The van der Waals surface area contributed by atoms with Crippen molar-refractivity contribution in [3.05, 3.63) is 28.3 Å². The van der Waals surface area contributed by atoms with Crippen LogP contribution in [-0.4, -0.2) is 40.9 Å². The van der Waals surface area contributed by atoms with E-state index in [9.17, 15) is 8.42 Å². The predicted molar refractivity (Wildman–Crippen MR) is 79.8 cm³/mol. The molecule has 2 rings (SSSR count).